The zero-order valence-corrected chi connectivity index (χ0v) is 11.4. The quantitative estimate of drug-likeness (QED) is 0.619. The molecule has 0 atom stereocenters. The molecule has 1 aliphatic rings. The standard InChI is InChI=1S/C14H18N2O3/c1-9(2)15(12-6-7-12)14(17)11-5-4-10(3)13(8-11)16(18)19/h4-5,8-9,12H,6-7H2,1-3H3. The van der Waals surface area contributed by atoms with Crippen molar-refractivity contribution in [2.45, 2.75) is 45.7 Å². The van der Waals surface area contributed by atoms with E-state index in [4.69, 9.17) is 0 Å². The average Bonchev–Trinajstić information content (AvgIpc) is 3.13. The molecule has 0 N–H and O–H groups in total. The second-order valence-corrected chi connectivity index (χ2v) is 5.30. The second-order valence-electron chi connectivity index (χ2n) is 5.30. The largest absolute Gasteiger partial charge is 0.333 e. The van der Waals surface area contributed by atoms with Crippen LogP contribution in [0.1, 0.15) is 42.6 Å². The zero-order valence-electron chi connectivity index (χ0n) is 11.4. The van der Waals surface area contributed by atoms with Crippen molar-refractivity contribution < 1.29 is 9.72 Å². The summed E-state index contributed by atoms with van der Waals surface area (Å²) in [6.45, 7) is 5.62. The lowest BCUT2D eigenvalue weighted by molar-refractivity contribution is -0.385. The molecule has 5 nitrogen and oxygen atoms in total. The van der Waals surface area contributed by atoms with Crippen LogP contribution in [0, 0.1) is 17.0 Å². The van der Waals surface area contributed by atoms with E-state index in [0.29, 0.717) is 17.2 Å². The van der Waals surface area contributed by atoms with Crippen molar-refractivity contribution >= 4 is 11.6 Å². The Morgan fingerprint density at radius 1 is 1.42 bits per heavy atom. The molecule has 0 heterocycles. The Balaban J connectivity index is 2.32. The third-order valence-corrected chi connectivity index (χ3v) is 3.38. The number of hydrogen-bond acceptors (Lipinski definition) is 3. The number of nitrogens with zero attached hydrogens (tertiary/aromatic N) is 2. The number of rotatable bonds is 4. The van der Waals surface area contributed by atoms with Gasteiger partial charge in [-0.2, -0.15) is 0 Å². The predicted molar refractivity (Wildman–Crippen MR) is 72.2 cm³/mol. The van der Waals surface area contributed by atoms with E-state index >= 15 is 0 Å². The summed E-state index contributed by atoms with van der Waals surface area (Å²) >= 11 is 0. The number of benzene rings is 1. The summed E-state index contributed by atoms with van der Waals surface area (Å²) < 4.78 is 0. The minimum atomic E-state index is -0.442. The van der Waals surface area contributed by atoms with Crippen LogP contribution >= 0.6 is 0 Å². The Hall–Kier alpha value is -1.91. The maximum Gasteiger partial charge on any atom is 0.273 e. The average molecular weight is 262 g/mol. The number of amides is 1. The second kappa shape index (κ2) is 4.99. The Morgan fingerprint density at radius 2 is 2.05 bits per heavy atom. The number of nitro groups is 1. The first-order valence-corrected chi connectivity index (χ1v) is 6.49. The first-order chi connectivity index (χ1) is 8.91. The molecule has 0 unspecified atom stereocenters. The number of carbonyl (C=O) groups is 1. The third kappa shape index (κ3) is 2.75. The minimum Gasteiger partial charge on any atom is -0.333 e. The maximum absolute atomic E-state index is 12.5. The number of aryl methyl sites for hydroxylation is 1. The van der Waals surface area contributed by atoms with E-state index in [2.05, 4.69) is 0 Å². The summed E-state index contributed by atoms with van der Waals surface area (Å²) in [5.74, 6) is -0.111. The lowest BCUT2D eigenvalue weighted by atomic mass is 10.1. The molecule has 1 aliphatic carbocycles. The molecule has 1 aromatic carbocycles. The zero-order chi connectivity index (χ0) is 14.2. The van der Waals surface area contributed by atoms with E-state index < -0.39 is 4.92 Å². The first-order valence-electron chi connectivity index (χ1n) is 6.49. The molecule has 2 rings (SSSR count). The lowest BCUT2D eigenvalue weighted by Gasteiger charge is -2.26. The molecule has 102 valence electrons. The smallest absolute Gasteiger partial charge is 0.273 e. The summed E-state index contributed by atoms with van der Waals surface area (Å²) in [6, 6.07) is 5.10. The van der Waals surface area contributed by atoms with Crippen molar-refractivity contribution in [3.8, 4) is 0 Å². The van der Waals surface area contributed by atoms with Gasteiger partial charge in [0.05, 0.1) is 4.92 Å². The van der Waals surface area contributed by atoms with Crippen LogP contribution in [0.5, 0.6) is 0 Å². The molecular weight excluding hydrogens is 244 g/mol. The highest BCUT2D eigenvalue weighted by molar-refractivity contribution is 5.95. The molecule has 1 amide bonds. The van der Waals surface area contributed by atoms with Gasteiger partial charge in [-0.1, -0.05) is 6.07 Å². The van der Waals surface area contributed by atoms with Gasteiger partial charge < -0.3 is 4.90 Å². The Bertz CT molecular complexity index is 519. The van der Waals surface area contributed by atoms with Crippen LogP contribution in [-0.2, 0) is 0 Å². The highest BCUT2D eigenvalue weighted by Crippen LogP contribution is 2.31. The van der Waals surface area contributed by atoms with E-state index in [1.165, 1.54) is 6.07 Å². The van der Waals surface area contributed by atoms with Gasteiger partial charge >= 0.3 is 0 Å². The molecule has 0 bridgehead atoms. The van der Waals surface area contributed by atoms with Gasteiger partial charge in [0, 0.05) is 29.3 Å². The summed E-state index contributed by atoms with van der Waals surface area (Å²) in [6.07, 6.45) is 2.05. The fourth-order valence-electron chi connectivity index (χ4n) is 2.26. The third-order valence-electron chi connectivity index (χ3n) is 3.38. The van der Waals surface area contributed by atoms with Crippen molar-refractivity contribution in [1.29, 1.82) is 0 Å². The molecule has 0 spiro atoms. The number of nitro benzene ring substituents is 1. The normalized spacial score (nSPS) is 14.5. The molecule has 19 heavy (non-hydrogen) atoms. The fourth-order valence-corrected chi connectivity index (χ4v) is 2.26. The van der Waals surface area contributed by atoms with Gasteiger partial charge in [0.1, 0.15) is 0 Å². The molecular formula is C14H18N2O3. The van der Waals surface area contributed by atoms with Crippen LogP contribution in [0.15, 0.2) is 18.2 Å². The van der Waals surface area contributed by atoms with E-state index in [1.807, 2.05) is 18.7 Å². The molecule has 1 fully saturated rings. The van der Waals surface area contributed by atoms with Crippen molar-refractivity contribution in [3.63, 3.8) is 0 Å². The van der Waals surface area contributed by atoms with E-state index in [-0.39, 0.29) is 17.6 Å². The van der Waals surface area contributed by atoms with Gasteiger partial charge in [-0.3, -0.25) is 14.9 Å². The van der Waals surface area contributed by atoms with Crippen LogP contribution in [0.25, 0.3) is 0 Å². The van der Waals surface area contributed by atoms with E-state index in [1.54, 1.807) is 19.1 Å². The van der Waals surface area contributed by atoms with E-state index in [0.717, 1.165) is 12.8 Å². The van der Waals surface area contributed by atoms with Gasteiger partial charge in [-0.05, 0) is 39.7 Å². The van der Waals surface area contributed by atoms with Gasteiger partial charge in [0.2, 0.25) is 0 Å². The van der Waals surface area contributed by atoms with Crippen LogP contribution in [0.3, 0.4) is 0 Å². The van der Waals surface area contributed by atoms with Gasteiger partial charge in [0.25, 0.3) is 11.6 Å². The Morgan fingerprint density at radius 3 is 2.53 bits per heavy atom. The summed E-state index contributed by atoms with van der Waals surface area (Å²) in [4.78, 5) is 24.8. The summed E-state index contributed by atoms with van der Waals surface area (Å²) in [7, 11) is 0. The topological polar surface area (TPSA) is 63.5 Å². The molecule has 1 saturated carbocycles. The van der Waals surface area contributed by atoms with Crippen LogP contribution in [0.2, 0.25) is 0 Å². The molecule has 0 aromatic heterocycles. The Labute approximate surface area is 112 Å². The van der Waals surface area contributed by atoms with Gasteiger partial charge in [-0.15, -0.1) is 0 Å². The molecule has 1 aromatic rings. The SMILES string of the molecule is Cc1ccc(C(=O)N(C(C)C)C2CC2)cc1[N+](=O)[O-]. The lowest BCUT2D eigenvalue weighted by Crippen LogP contribution is -2.38. The van der Waals surface area contributed by atoms with Crippen LogP contribution in [-0.4, -0.2) is 27.8 Å². The Kier molecular flexibility index (Phi) is 3.55. The maximum atomic E-state index is 12.5. The number of carbonyl (C=O) groups excluding carboxylic acids is 1. The molecule has 0 saturated heterocycles. The van der Waals surface area contributed by atoms with Crippen molar-refractivity contribution in [2.24, 2.45) is 0 Å². The van der Waals surface area contributed by atoms with Crippen LogP contribution < -0.4 is 0 Å². The monoisotopic (exact) mass is 262 g/mol. The predicted octanol–water partition coefficient (Wildman–Crippen LogP) is 2.92. The van der Waals surface area contributed by atoms with Gasteiger partial charge in [-0.25, -0.2) is 0 Å². The highest BCUT2D eigenvalue weighted by Gasteiger charge is 2.35. The van der Waals surface area contributed by atoms with Crippen molar-refractivity contribution in [3.05, 3.63) is 39.4 Å². The minimum absolute atomic E-state index is 0.00496. The van der Waals surface area contributed by atoms with Crippen molar-refractivity contribution in [2.75, 3.05) is 0 Å². The van der Waals surface area contributed by atoms with E-state index in [9.17, 15) is 14.9 Å². The van der Waals surface area contributed by atoms with Gasteiger partial charge in [0.15, 0.2) is 0 Å². The molecule has 0 radical (unpaired) electrons. The fraction of sp³-hybridized carbons (Fsp3) is 0.500. The molecule has 0 aliphatic heterocycles. The van der Waals surface area contributed by atoms with Crippen LogP contribution in [0.4, 0.5) is 5.69 Å². The summed E-state index contributed by atoms with van der Waals surface area (Å²) in [5, 5.41) is 10.9. The number of hydrogen-bond donors (Lipinski definition) is 0. The molecule has 5 heteroatoms. The highest BCUT2D eigenvalue weighted by atomic mass is 16.6. The van der Waals surface area contributed by atoms with Crippen molar-refractivity contribution in [1.82, 2.24) is 4.90 Å². The first kappa shape index (κ1) is 13.5. The summed E-state index contributed by atoms with van der Waals surface area (Å²) in [5.41, 5.74) is 0.979.